The maximum atomic E-state index is 12.6. The summed E-state index contributed by atoms with van der Waals surface area (Å²) in [6, 6.07) is 5.89. The molecule has 2 aliphatic rings. The van der Waals surface area contributed by atoms with Gasteiger partial charge in [-0.2, -0.15) is 0 Å². The van der Waals surface area contributed by atoms with Gasteiger partial charge in [-0.1, -0.05) is 17.7 Å². The second-order valence-corrected chi connectivity index (χ2v) is 8.20. The predicted octanol–water partition coefficient (Wildman–Crippen LogP) is 2.79. The van der Waals surface area contributed by atoms with Crippen molar-refractivity contribution in [2.24, 2.45) is 0 Å². The number of rotatable bonds is 5. The Bertz CT molecular complexity index is 918. The first-order valence-corrected chi connectivity index (χ1v) is 10.5. The summed E-state index contributed by atoms with van der Waals surface area (Å²) in [6.45, 7) is 8.01. The third-order valence-electron chi connectivity index (χ3n) is 6.12. The Balaban J connectivity index is 0.00000256. The topological polar surface area (TPSA) is 80.1 Å². The van der Waals surface area contributed by atoms with E-state index in [0.29, 0.717) is 5.92 Å². The molecule has 7 nitrogen and oxygen atoms in total. The van der Waals surface area contributed by atoms with Gasteiger partial charge in [0.25, 0.3) is 0 Å². The maximum absolute atomic E-state index is 12.6. The molecule has 0 bridgehead atoms. The highest BCUT2D eigenvalue weighted by molar-refractivity contribution is 5.99. The van der Waals surface area contributed by atoms with E-state index in [0.717, 1.165) is 73.9 Å². The monoisotopic (exact) mass is 431 g/mol. The van der Waals surface area contributed by atoms with E-state index in [-0.39, 0.29) is 36.9 Å². The zero-order valence-electron chi connectivity index (χ0n) is 17.7. The van der Waals surface area contributed by atoms with E-state index >= 15 is 0 Å². The normalized spacial score (nSPS) is 16.7. The van der Waals surface area contributed by atoms with Crippen LogP contribution in [0.3, 0.4) is 0 Å². The molecule has 0 unspecified atom stereocenters. The van der Waals surface area contributed by atoms with Crippen LogP contribution in [0.25, 0.3) is 0 Å². The highest BCUT2D eigenvalue weighted by atomic mass is 35.5. The number of aromatic nitrogens is 3. The van der Waals surface area contributed by atoms with Gasteiger partial charge in [-0.15, -0.1) is 22.6 Å². The Labute approximate surface area is 183 Å². The van der Waals surface area contributed by atoms with Crippen molar-refractivity contribution in [3.8, 4) is 0 Å². The van der Waals surface area contributed by atoms with E-state index in [4.69, 9.17) is 0 Å². The fourth-order valence-electron chi connectivity index (χ4n) is 4.35. The third kappa shape index (κ3) is 4.73. The molecule has 0 saturated carbocycles. The molecule has 2 aliphatic heterocycles. The zero-order chi connectivity index (χ0) is 20.4. The number of amides is 1. The molecule has 3 heterocycles. The Hall–Kier alpha value is -2.25. The Kier molecular flexibility index (Phi) is 7.26. The first-order chi connectivity index (χ1) is 14.0. The van der Waals surface area contributed by atoms with Crippen LogP contribution in [0.2, 0.25) is 0 Å². The van der Waals surface area contributed by atoms with Gasteiger partial charge in [0.1, 0.15) is 11.6 Å². The highest BCUT2D eigenvalue weighted by Crippen LogP contribution is 2.28. The summed E-state index contributed by atoms with van der Waals surface area (Å²) in [5.41, 5.74) is 2.78. The average molecular weight is 432 g/mol. The molecule has 1 amide bonds. The Morgan fingerprint density at radius 3 is 2.63 bits per heavy atom. The second kappa shape index (κ2) is 9.71. The summed E-state index contributed by atoms with van der Waals surface area (Å²) in [5, 5.41) is 12.1. The summed E-state index contributed by atoms with van der Waals surface area (Å²) in [7, 11) is 0. The first kappa shape index (κ1) is 22.4. The summed E-state index contributed by atoms with van der Waals surface area (Å²) in [6.07, 6.45) is 2.36. The van der Waals surface area contributed by atoms with Crippen LogP contribution in [0, 0.1) is 13.8 Å². The number of hydrogen-bond donors (Lipinski definition) is 1. The van der Waals surface area contributed by atoms with Crippen molar-refractivity contribution < 1.29 is 9.59 Å². The van der Waals surface area contributed by atoms with Gasteiger partial charge in [0.05, 0.1) is 6.54 Å². The number of piperidine rings is 1. The first-order valence-electron chi connectivity index (χ1n) is 10.5. The van der Waals surface area contributed by atoms with Crippen molar-refractivity contribution in [1.29, 1.82) is 0 Å². The lowest BCUT2D eigenvalue weighted by molar-refractivity contribution is -0.132. The molecule has 0 aliphatic carbocycles. The molecule has 1 aromatic carbocycles. The van der Waals surface area contributed by atoms with Gasteiger partial charge in [0.15, 0.2) is 5.78 Å². The molecule has 30 heavy (non-hydrogen) atoms. The molecule has 1 aromatic heterocycles. The van der Waals surface area contributed by atoms with Gasteiger partial charge in [0.2, 0.25) is 5.91 Å². The van der Waals surface area contributed by atoms with Crippen LogP contribution < -0.4 is 5.32 Å². The Morgan fingerprint density at radius 1 is 1.10 bits per heavy atom. The van der Waals surface area contributed by atoms with Gasteiger partial charge in [-0.05, 0) is 38.3 Å². The predicted molar refractivity (Wildman–Crippen MR) is 117 cm³/mol. The molecular formula is C22H30ClN5O2. The number of hydrogen-bond acceptors (Lipinski definition) is 5. The molecular weight excluding hydrogens is 402 g/mol. The summed E-state index contributed by atoms with van der Waals surface area (Å²) >= 11 is 0. The number of carbonyl (C=O) groups is 2. The zero-order valence-corrected chi connectivity index (χ0v) is 18.5. The van der Waals surface area contributed by atoms with Gasteiger partial charge in [-0.3, -0.25) is 9.59 Å². The molecule has 0 atom stereocenters. The lowest BCUT2D eigenvalue weighted by atomic mass is 9.95. The highest BCUT2D eigenvalue weighted by Gasteiger charge is 2.28. The maximum Gasteiger partial charge on any atom is 0.223 e. The van der Waals surface area contributed by atoms with Crippen molar-refractivity contribution in [3.05, 3.63) is 46.5 Å². The number of nitrogens with one attached hydrogen (secondary N) is 1. The molecule has 8 heteroatoms. The largest absolute Gasteiger partial charge is 0.343 e. The number of ketones is 1. The number of likely N-dealkylation sites (tertiary alicyclic amines) is 1. The number of carbonyl (C=O) groups excluding carboxylic acids is 2. The van der Waals surface area contributed by atoms with Gasteiger partial charge >= 0.3 is 0 Å². The summed E-state index contributed by atoms with van der Waals surface area (Å²) < 4.78 is 2.24. The number of halogens is 1. The molecule has 2 aromatic rings. The standard InChI is InChI=1S/C22H29N5O2.ClH/c1-15-3-4-16(2)18(13-15)19(28)5-6-21(29)26-10-7-17(8-11-26)22-25-24-20-14-23-9-12-27(20)22;/h3-4,13,17,23H,5-12,14H2,1-2H3;1H. The SMILES string of the molecule is Cc1ccc(C)c(C(=O)CCC(=O)N2CCC(c3nnc4n3CCNC4)CC2)c1.Cl. The summed E-state index contributed by atoms with van der Waals surface area (Å²) in [4.78, 5) is 27.1. The minimum Gasteiger partial charge on any atom is -0.343 e. The van der Waals surface area contributed by atoms with Gasteiger partial charge < -0.3 is 14.8 Å². The van der Waals surface area contributed by atoms with Crippen LogP contribution >= 0.6 is 12.4 Å². The van der Waals surface area contributed by atoms with Crippen LogP contribution in [0.15, 0.2) is 18.2 Å². The molecule has 4 rings (SSSR count). The Morgan fingerprint density at radius 2 is 1.87 bits per heavy atom. The molecule has 1 fully saturated rings. The van der Waals surface area contributed by atoms with Gasteiger partial charge in [0, 0.05) is 50.5 Å². The smallest absolute Gasteiger partial charge is 0.223 e. The summed E-state index contributed by atoms with van der Waals surface area (Å²) in [5.74, 6) is 2.57. The van der Waals surface area contributed by atoms with E-state index in [2.05, 4.69) is 20.1 Å². The van der Waals surface area contributed by atoms with Crippen LogP contribution in [0.1, 0.15) is 64.7 Å². The fourth-order valence-corrected chi connectivity index (χ4v) is 4.35. The van der Waals surface area contributed by atoms with E-state index in [1.54, 1.807) is 0 Å². The van der Waals surface area contributed by atoms with Crippen molar-refractivity contribution in [2.45, 2.75) is 58.5 Å². The van der Waals surface area contributed by atoms with Crippen molar-refractivity contribution in [3.63, 3.8) is 0 Å². The molecule has 0 radical (unpaired) electrons. The second-order valence-electron chi connectivity index (χ2n) is 8.20. The van der Waals surface area contributed by atoms with E-state index < -0.39 is 0 Å². The number of fused-ring (bicyclic) bond motifs is 1. The lowest BCUT2D eigenvalue weighted by Crippen LogP contribution is -2.39. The lowest BCUT2D eigenvalue weighted by Gasteiger charge is -2.32. The molecule has 162 valence electrons. The van der Waals surface area contributed by atoms with Crippen LogP contribution in [-0.4, -0.2) is 51.0 Å². The van der Waals surface area contributed by atoms with Crippen molar-refractivity contribution in [1.82, 2.24) is 25.0 Å². The van der Waals surface area contributed by atoms with E-state index in [1.807, 2.05) is 36.9 Å². The third-order valence-corrected chi connectivity index (χ3v) is 6.12. The van der Waals surface area contributed by atoms with Crippen molar-refractivity contribution >= 4 is 24.1 Å². The number of benzene rings is 1. The van der Waals surface area contributed by atoms with Gasteiger partial charge in [-0.25, -0.2) is 0 Å². The minimum atomic E-state index is 0. The quantitative estimate of drug-likeness (QED) is 0.736. The molecule has 1 saturated heterocycles. The van der Waals surface area contributed by atoms with Crippen LogP contribution in [0.4, 0.5) is 0 Å². The minimum absolute atomic E-state index is 0. The van der Waals surface area contributed by atoms with E-state index in [9.17, 15) is 9.59 Å². The average Bonchev–Trinajstić information content (AvgIpc) is 3.18. The number of Topliss-reactive ketones (excluding diaryl/α,β-unsaturated/α-hetero) is 1. The fraction of sp³-hybridized carbons (Fsp3) is 0.545. The molecule has 1 N–H and O–H groups in total. The van der Waals surface area contributed by atoms with Crippen LogP contribution in [0.5, 0.6) is 0 Å². The molecule has 0 spiro atoms. The number of aryl methyl sites for hydroxylation is 2. The number of nitrogens with zero attached hydrogens (tertiary/aromatic N) is 4. The van der Waals surface area contributed by atoms with Crippen molar-refractivity contribution in [2.75, 3.05) is 19.6 Å². The van der Waals surface area contributed by atoms with E-state index in [1.165, 1.54) is 0 Å². The van der Waals surface area contributed by atoms with Crippen LogP contribution in [-0.2, 0) is 17.9 Å².